The summed E-state index contributed by atoms with van der Waals surface area (Å²) in [6.07, 6.45) is 6.11. The third kappa shape index (κ3) is 3.65. The Hall–Kier alpha value is -0.0800. The highest BCUT2D eigenvalue weighted by atomic mass is 16.5. The molecule has 1 aliphatic rings. The summed E-state index contributed by atoms with van der Waals surface area (Å²) in [7, 11) is 0. The molecule has 0 amide bonds. The molecule has 78 valence electrons. The van der Waals surface area contributed by atoms with E-state index in [0.717, 1.165) is 12.8 Å². The van der Waals surface area contributed by atoms with Crippen LogP contribution in [-0.2, 0) is 4.74 Å². The zero-order valence-corrected chi connectivity index (χ0v) is 9.18. The second kappa shape index (κ2) is 4.43. The lowest BCUT2D eigenvalue weighted by atomic mass is 9.92. The Balaban J connectivity index is 2.35. The molecule has 0 saturated heterocycles. The molecule has 0 aromatic heterocycles. The van der Waals surface area contributed by atoms with Crippen molar-refractivity contribution in [1.82, 2.24) is 0 Å². The zero-order valence-electron chi connectivity index (χ0n) is 9.18. The maximum atomic E-state index is 6.02. The SMILES string of the molecule is CCC(C)(C)OC1CCCC(N)C1. The van der Waals surface area contributed by atoms with Gasteiger partial charge in [-0.15, -0.1) is 0 Å². The highest BCUT2D eigenvalue weighted by Gasteiger charge is 2.25. The van der Waals surface area contributed by atoms with E-state index in [1.54, 1.807) is 0 Å². The lowest BCUT2D eigenvalue weighted by Gasteiger charge is -2.34. The standard InChI is InChI=1S/C11H23NO/c1-4-11(2,3)13-10-7-5-6-9(12)8-10/h9-10H,4-8,12H2,1-3H3. The third-order valence-corrected chi connectivity index (χ3v) is 3.00. The van der Waals surface area contributed by atoms with Gasteiger partial charge >= 0.3 is 0 Å². The molecule has 1 fully saturated rings. The summed E-state index contributed by atoms with van der Waals surface area (Å²) in [5, 5.41) is 0. The monoisotopic (exact) mass is 185 g/mol. The Morgan fingerprint density at radius 3 is 2.62 bits per heavy atom. The zero-order chi connectivity index (χ0) is 9.90. The molecule has 1 aliphatic carbocycles. The minimum atomic E-state index is 0.0295. The van der Waals surface area contributed by atoms with Gasteiger partial charge in [0.15, 0.2) is 0 Å². The summed E-state index contributed by atoms with van der Waals surface area (Å²) >= 11 is 0. The number of rotatable bonds is 3. The van der Waals surface area contributed by atoms with E-state index in [0.29, 0.717) is 12.1 Å². The van der Waals surface area contributed by atoms with E-state index in [9.17, 15) is 0 Å². The molecule has 0 aromatic carbocycles. The van der Waals surface area contributed by atoms with E-state index in [1.807, 2.05) is 0 Å². The average Bonchev–Trinajstić information content (AvgIpc) is 2.03. The van der Waals surface area contributed by atoms with Crippen LogP contribution in [0, 0.1) is 0 Å². The second-order valence-corrected chi connectivity index (χ2v) is 4.78. The fourth-order valence-corrected chi connectivity index (χ4v) is 1.82. The third-order valence-electron chi connectivity index (χ3n) is 3.00. The van der Waals surface area contributed by atoms with Crippen molar-refractivity contribution in [2.45, 2.75) is 70.6 Å². The minimum Gasteiger partial charge on any atom is -0.372 e. The quantitative estimate of drug-likeness (QED) is 0.733. The molecular weight excluding hydrogens is 162 g/mol. The van der Waals surface area contributed by atoms with Gasteiger partial charge in [-0.25, -0.2) is 0 Å². The fourth-order valence-electron chi connectivity index (χ4n) is 1.82. The summed E-state index contributed by atoms with van der Waals surface area (Å²) in [6.45, 7) is 6.49. The first-order chi connectivity index (χ1) is 6.03. The topological polar surface area (TPSA) is 35.2 Å². The molecule has 2 heteroatoms. The van der Waals surface area contributed by atoms with Crippen LogP contribution >= 0.6 is 0 Å². The molecule has 0 bridgehead atoms. The molecule has 0 radical (unpaired) electrons. The predicted molar refractivity (Wildman–Crippen MR) is 55.7 cm³/mol. The molecule has 0 aliphatic heterocycles. The lowest BCUT2D eigenvalue weighted by molar-refractivity contribution is -0.0880. The van der Waals surface area contributed by atoms with Crippen molar-refractivity contribution < 1.29 is 4.74 Å². The van der Waals surface area contributed by atoms with Crippen molar-refractivity contribution >= 4 is 0 Å². The van der Waals surface area contributed by atoms with E-state index >= 15 is 0 Å². The Morgan fingerprint density at radius 2 is 2.08 bits per heavy atom. The van der Waals surface area contributed by atoms with Gasteiger partial charge in [0, 0.05) is 6.04 Å². The van der Waals surface area contributed by atoms with Crippen LogP contribution in [0.3, 0.4) is 0 Å². The Labute approximate surface area is 81.8 Å². The van der Waals surface area contributed by atoms with Gasteiger partial charge in [0.1, 0.15) is 0 Å². The Morgan fingerprint density at radius 1 is 1.38 bits per heavy atom. The second-order valence-electron chi connectivity index (χ2n) is 4.78. The van der Waals surface area contributed by atoms with Crippen molar-refractivity contribution in [2.75, 3.05) is 0 Å². The van der Waals surface area contributed by atoms with Gasteiger partial charge in [-0.3, -0.25) is 0 Å². The maximum Gasteiger partial charge on any atom is 0.0627 e. The van der Waals surface area contributed by atoms with Gasteiger partial charge in [-0.1, -0.05) is 6.92 Å². The van der Waals surface area contributed by atoms with Crippen LogP contribution < -0.4 is 5.73 Å². The Bertz CT molecular complexity index is 156. The molecule has 1 saturated carbocycles. The fraction of sp³-hybridized carbons (Fsp3) is 1.00. The van der Waals surface area contributed by atoms with Crippen LogP contribution in [-0.4, -0.2) is 17.7 Å². The largest absolute Gasteiger partial charge is 0.372 e. The highest BCUT2D eigenvalue weighted by molar-refractivity contribution is 4.78. The minimum absolute atomic E-state index is 0.0295. The van der Waals surface area contributed by atoms with Crippen molar-refractivity contribution in [2.24, 2.45) is 5.73 Å². The van der Waals surface area contributed by atoms with E-state index in [4.69, 9.17) is 10.5 Å². The molecule has 2 atom stereocenters. The highest BCUT2D eigenvalue weighted by Crippen LogP contribution is 2.25. The molecule has 0 heterocycles. The molecule has 13 heavy (non-hydrogen) atoms. The predicted octanol–water partition coefficient (Wildman–Crippen LogP) is 2.46. The van der Waals surface area contributed by atoms with E-state index in [2.05, 4.69) is 20.8 Å². The van der Waals surface area contributed by atoms with Crippen LogP contribution in [0.15, 0.2) is 0 Å². The summed E-state index contributed by atoms with van der Waals surface area (Å²) in [6, 6.07) is 0.367. The molecule has 2 nitrogen and oxygen atoms in total. The van der Waals surface area contributed by atoms with Crippen LogP contribution in [0.25, 0.3) is 0 Å². The molecular formula is C11H23NO. The van der Waals surface area contributed by atoms with Crippen molar-refractivity contribution in [3.05, 3.63) is 0 Å². The number of ether oxygens (including phenoxy) is 1. The molecule has 2 N–H and O–H groups in total. The van der Waals surface area contributed by atoms with Crippen molar-refractivity contribution in [3.8, 4) is 0 Å². The summed E-state index contributed by atoms with van der Waals surface area (Å²) in [5.74, 6) is 0. The van der Waals surface area contributed by atoms with Gasteiger partial charge in [-0.2, -0.15) is 0 Å². The molecule has 0 spiro atoms. The first kappa shape index (κ1) is 11.0. The molecule has 2 unspecified atom stereocenters. The number of hydrogen-bond acceptors (Lipinski definition) is 2. The summed E-state index contributed by atoms with van der Waals surface area (Å²) in [4.78, 5) is 0. The van der Waals surface area contributed by atoms with E-state index < -0.39 is 0 Å². The van der Waals surface area contributed by atoms with Gasteiger partial charge < -0.3 is 10.5 Å². The Kier molecular flexibility index (Phi) is 3.74. The average molecular weight is 185 g/mol. The van der Waals surface area contributed by atoms with Crippen LogP contribution in [0.1, 0.15) is 52.9 Å². The van der Waals surface area contributed by atoms with Crippen molar-refractivity contribution in [1.29, 1.82) is 0 Å². The first-order valence-electron chi connectivity index (χ1n) is 5.47. The number of hydrogen-bond donors (Lipinski definition) is 1. The lowest BCUT2D eigenvalue weighted by Crippen LogP contribution is -2.37. The maximum absolute atomic E-state index is 6.02. The molecule has 0 aromatic rings. The summed E-state index contributed by atoms with van der Waals surface area (Å²) in [5.41, 5.74) is 5.93. The van der Waals surface area contributed by atoms with Crippen LogP contribution in [0.5, 0.6) is 0 Å². The first-order valence-corrected chi connectivity index (χ1v) is 5.47. The van der Waals surface area contributed by atoms with Crippen LogP contribution in [0.2, 0.25) is 0 Å². The normalized spacial score (nSPS) is 30.5. The van der Waals surface area contributed by atoms with Gasteiger partial charge in [0.25, 0.3) is 0 Å². The summed E-state index contributed by atoms with van der Waals surface area (Å²) < 4.78 is 6.02. The van der Waals surface area contributed by atoms with Gasteiger partial charge in [0.05, 0.1) is 11.7 Å². The molecule has 1 rings (SSSR count). The van der Waals surface area contributed by atoms with Crippen LogP contribution in [0.4, 0.5) is 0 Å². The van der Waals surface area contributed by atoms with Gasteiger partial charge in [-0.05, 0) is 46.0 Å². The van der Waals surface area contributed by atoms with E-state index in [-0.39, 0.29) is 5.60 Å². The van der Waals surface area contributed by atoms with Gasteiger partial charge in [0.2, 0.25) is 0 Å². The van der Waals surface area contributed by atoms with Crippen molar-refractivity contribution in [3.63, 3.8) is 0 Å². The van der Waals surface area contributed by atoms with E-state index in [1.165, 1.54) is 19.3 Å². The number of nitrogens with two attached hydrogens (primary N) is 1. The smallest absolute Gasteiger partial charge is 0.0627 e.